The Morgan fingerprint density at radius 1 is 1.05 bits per heavy atom. The molecule has 0 saturated heterocycles. The molecule has 0 heterocycles. The molecule has 0 unspecified atom stereocenters. The molecule has 0 radical (unpaired) electrons. The number of hydrogen-bond acceptors (Lipinski definition) is 2. The van der Waals surface area contributed by atoms with Crippen LogP contribution in [0.5, 0.6) is 0 Å². The predicted molar refractivity (Wildman–Crippen MR) is 87.5 cm³/mol. The van der Waals surface area contributed by atoms with Gasteiger partial charge >= 0.3 is 0 Å². The number of nitrogens with zero attached hydrogens (tertiary/aromatic N) is 1. The highest BCUT2D eigenvalue weighted by Crippen LogP contribution is 2.32. The summed E-state index contributed by atoms with van der Waals surface area (Å²) in [5.74, 6) is -0.249. The first-order valence-corrected chi connectivity index (χ1v) is 7.03. The minimum Gasteiger partial charge on any atom is -0.397 e. The highest BCUT2D eigenvalue weighted by Gasteiger charge is 2.12. The van der Waals surface area contributed by atoms with Crippen molar-refractivity contribution >= 4 is 39.7 Å². The lowest BCUT2D eigenvalue weighted by Gasteiger charge is -2.22. The van der Waals surface area contributed by atoms with E-state index in [1.165, 1.54) is 17.2 Å². The molecule has 0 aliphatic rings. The molecule has 0 aliphatic carbocycles. The van der Waals surface area contributed by atoms with Gasteiger partial charge in [0.05, 0.1) is 14.9 Å². The number of benzene rings is 2. The maximum Gasteiger partial charge on any atom is 0.138 e. The molecular formula is C15H16FIN2. The highest BCUT2D eigenvalue weighted by molar-refractivity contribution is 14.1. The molecule has 0 bridgehead atoms. The first-order valence-electron chi connectivity index (χ1n) is 5.95. The summed E-state index contributed by atoms with van der Waals surface area (Å²) < 4.78 is 14.2. The summed E-state index contributed by atoms with van der Waals surface area (Å²) in [6.45, 7) is 4.09. The maximum absolute atomic E-state index is 13.7. The van der Waals surface area contributed by atoms with Crippen LogP contribution in [0.3, 0.4) is 0 Å². The van der Waals surface area contributed by atoms with Crippen LogP contribution in [0, 0.1) is 23.2 Å². The summed E-state index contributed by atoms with van der Waals surface area (Å²) in [4.78, 5) is 1.91. The second-order valence-electron chi connectivity index (χ2n) is 4.73. The molecule has 2 aromatic carbocycles. The zero-order chi connectivity index (χ0) is 14.2. The second-order valence-corrected chi connectivity index (χ2v) is 5.89. The van der Waals surface area contributed by atoms with Gasteiger partial charge in [-0.15, -0.1) is 0 Å². The van der Waals surface area contributed by atoms with Gasteiger partial charge in [-0.25, -0.2) is 4.39 Å². The molecule has 0 fully saturated rings. The zero-order valence-corrected chi connectivity index (χ0v) is 13.3. The Labute approximate surface area is 126 Å². The van der Waals surface area contributed by atoms with Crippen molar-refractivity contribution in [3.8, 4) is 0 Å². The lowest BCUT2D eigenvalue weighted by atomic mass is 10.1. The minimum atomic E-state index is -0.249. The van der Waals surface area contributed by atoms with Crippen LogP contribution in [0.25, 0.3) is 0 Å². The lowest BCUT2D eigenvalue weighted by molar-refractivity contribution is 0.620. The number of halogens is 2. The van der Waals surface area contributed by atoms with Crippen LogP contribution < -0.4 is 10.6 Å². The van der Waals surface area contributed by atoms with E-state index in [-0.39, 0.29) is 5.82 Å². The van der Waals surface area contributed by atoms with Crippen molar-refractivity contribution in [2.24, 2.45) is 0 Å². The van der Waals surface area contributed by atoms with Crippen LogP contribution in [0.1, 0.15) is 11.1 Å². The van der Waals surface area contributed by atoms with Gasteiger partial charge in [-0.2, -0.15) is 0 Å². The monoisotopic (exact) mass is 370 g/mol. The fourth-order valence-corrected chi connectivity index (χ4v) is 2.62. The van der Waals surface area contributed by atoms with Gasteiger partial charge in [0.2, 0.25) is 0 Å². The Balaban J connectivity index is 2.49. The van der Waals surface area contributed by atoms with E-state index >= 15 is 0 Å². The van der Waals surface area contributed by atoms with Crippen LogP contribution in [-0.2, 0) is 0 Å². The molecule has 4 heteroatoms. The third kappa shape index (κ3) is 3.00. The number of hydrogen-bond donors (Lipinski definition) is 1. The van der Waals surface area contributed by atoms with Crippen molar-refractivity contribution in [2.75, 3.05) is 17.7 Å². The van der Waals surface area contributed by atoms with E-state index in [0.29, 0.717) is 14.9 Å². The smallest absolute Gasteiger partial charge is 0.138 e. The van der Waals surface area contributed by atoms with Gasteiger partial charge in [0.1, 0.15) is 5.82 Å². The Morgan fingerprint density at radius 3 is 2.21 bits per heavy atom. The summed E-state index contributed by atoms with van der Waals surface area (Å²) in [5, 5.41) is 0. The Morgan fingerprint density at radius 2 is 1.63 bits per heavy atom. The molecule has 2 aromatic rings. The molecular weight excluding hydrogens is 354 g/mol. The molecule has 2 nitrogen and oxygen atoms in total. The van der Waals surface area contributed by atoms with Gasteiger partial charge in [0, 0.05) is 18.8 Å². The van der Waals surface area contributed by atoms with E-state index in [1.807, 2.05) is 48.4 Å². The van der Waals surface area contributed by atoms with E-state index in [0.717, 1.165) is 5.69 Å². The van der Waals surface area contributed by atoms with Crippen LogP contribution in [0.4, 0.5) is 21.5 Å². The van der Waals surface area contributed by atoms with Crippen molar-refractivity contribution in [3.63, 3.8) is 0 Å². The molecule has 19 heavy (non-hydrogen) atoms. The predicted octanol–water partition coefficient (Wildman–Crippen LogP) is 4.40. The van der Waals surface area contributed by atoms with Crippen molar-refractivity contribution in [3.05, 3.63) is 50.8 Å². The quantitative estimate of drug-likeness (QED) is 0.627. The van der Waals surface area contributed by atoms with Crippen molar-refractivity contribution in [2.45, 2.75) is 13.8 Å². The van der Waals surface area contributed by atoms with Gasteiger partial charge in [0.15, 0.2) is 0 Å². The number of nitrogen functional groups attached to an aromatic ring is 1. The van der Waals surface area contributed by atoms with Gasteiger partial charge in [-0.05, 0) is 65.8 Å². The van der Waals surface area contributed by atoms with E-state index in [4.69, 9.17) is 5.73 Å². The van der Waals surface area contributed by atoms with Gasteiger partial charge in [-0.3, -0.25) is 0 Å². The third-order valence-electron chi connectivity index (χ3n) is 3.02. The number of anilines is 3. The normalized spacial score (nSPS) is 10.6. The molecule has 0 aliphatic heterocycles. The van der Waals surface area contributed by atoms with Crippen molar-refractivity contribution in [1.29, 1.82) is 0 Å². The first kappa shape index (κ1) is 14.1. The molecule has 0 atom stereocenters. The highest BCUT2D eigenvalue weighted by atomic mass is 127. The van der Waals surface area contributed by atoms with E-state index in [1.54, 1.807) is 6.07 Å². The summed E-state index contributed by atoms with van der Waals surface area (Å²) >= 11 is 1.94. The average molecular weight is 370 g/mol. The van der Waals surface area contributed by atoms with Gasteiger partial charge in [-0.1, -0.05) is 6.07 Å². The fourth-order valence-electron chi connectivity index (χ4n) is 2.13. The zero-order valence-electron chi connectivity index (χ0n) is 11.2. The van der Waals surface area contributed by atoms with E-state index in [9.17, 15) is 4.39 Å². The molecule has 100 valence electrons. The van der Waals surface area contributed by atoms with Crippen LogP contribution >= 0.6 is 22.6 Å². The van der Waals surface area contributed by atoms with Gasteiger partial charge in [0.25, 0.3) is 0 Å². The minimum absolute atomic E-state index is 0.249. The largest absolute Gasteiger partial charge is 0.397 e. The van der Waals surface area contributed by atoms with Gasteiger partial charge < -0.3 is 10.6 Å². The molecule has 0 spiro atoms. The van der Waals surface area contributed by atoms with Crippen molar-refractivity contribution in [1.82, 2.24) is 0 Å². The molecule has 2 N–H and O–H groups in total. The van der Waals surface area contributed by atoms with E-state index in [2.05, 4.69) is 18.2 Å². The summed E-state index contributed by atoms with van der Waals surface area (Å²) in [7, 11) is 1.90. The van der Waals surface area contributed by atoms with Crippen LogP contribution in [0.2, 0.25) is 0 Å². The molecule has 2 rings (SSSR count). The summed E-state index contributed by atoms with van der Waals surface area (Å²) in [6, 6.07) is 9.36. The second kappa shape index (κ2) is 5.36. The SMILES string of the molecule is Cc1cc(C)cc(N(C)c2cc(F)c(I)cc2N)c1. The first-order chi connectivity index (χ1) is 8.88. The standard InChI is InChI=1S/C15H16FIN2/c1-9-4-10(2)6-11(5-9)19(3)15-7-12(16)13(17)8-14(15)18/h4-8H,18H2,1-3H3. The molecule has 0 aromatic heterocycles. The number of nitrogens with two attached hydrogens (primary N) is 1. The Hall–Kier alpha value is -1.30. The summed E-state index contributed by atoms with van der Waals surface area (Å²) in [6.07, 6.45) is 0. The third-order valence-corrected chi connectivity index (χ3v) is 3.85. The average Bonchev–Trinajstić information content (AvgIpc) is 2.31. The Bertz CT molecular complexity index is 606. The maximum atomic E-state index is 13.7. The van der Waals surface area contributed by atoms with Crippen molar-refractivity contribution < 1.29 is 4.39 Å². The number of aryl methyl sites for hydroxylation is 2. The Kier molecular flexibility index (Phi) is 3.99. The fraction of sp³-hybridized carbons (Fsp3) is 0.200. The van der Waals surface area contributed by atoms with Crippen LogP contribution in [0.15, 0.2) is 30.3 Å². The lowest BCUT2D eigenvalue weighted by Crippen LogP contribution is -2.12. The van der Waals surface area contributed by atoms with E-state index < -0.39 is 0 Å². The topological polar surface area (TPSA) is 29.3 Å². The number of rotatable bonds is 2. The molecule has 0 amide bonds. The summed E-state index contributed by atoms with van der Waals surface area (Å²) in [5.41, 5.74) is 10.6. The van der Waals surface area contributed by atoms with Crippen LogP contribution in [-0.4, -0.2) is 7.05 Å². The molecule has 0 saturated carbocycles.